The van der Waals surface area contributed by atoms with Crippen LogP contribution in [0, 0.1) is 6.92 Å². The molecule has 0 bridgehead atoms. The molecule has 1 N–H and O–H groups in total. The summed E-state index contributed by atoms with van der Waals surface area (Å²) in [5, 5.41) is 0.723. The lowest BCUT2D eigenvalue weighted by Crippen LogP contribution is -2.61. The molecule has 0 radical (unpaired) electrons. The second kappa shape index (κ2) is 9.49. The van der Waals surface area contributed by atoms with Crippen LogP contribution in [0.15, 0.2) is 55.5 Å². The van der Waals surface area contributed by atoms with Crippen LogP contribution in [-0.2, 0) is 24.8 Å². The van der Waals surface area contributed by atoms with Crippen molar-refractivity contribution in [3.63, 3.8) is 0 Å². The van der Waals surface area contributed by atoms with Crippen LogP contribution in [0.3, 0.4) is 0 Å². The van der Waals surface area contributed by atoms with Crippen molar-refractivity contribution in [1.82, 2.24) is 4.72 Å². The van der Waals surface area contributed by atoms with E-state index in [4.69, 9.17) is 27.9 Å². The van der Waals surface area contributed by atoms with Crippen LogP contribution < -0.4 is 4.72 Å². The van der Waals surface area contributed by atoms with Crippen molar-refractivity contribution in [2.24, 2.45) is 4.40 Å². The van der Waals surface area contributed by atoms with E-state index in [9.17, 15) is 16.8 Å². The summed E-state index contributed by atoms with van der Waals surface area (Å²) < 4.78 is 64.0. The Morgan fingerprint density at radius 1 is 1.09 bits per heavy atom. The number of likely N-dealkylation sites (N-methyl/N-ethyl adjacent to an activating group) is 1. The molecule has 1 aliphatic heterocycles. The van der Waals surface area contributed by atoms with E-state index in [2.05, 4.69) is 21.7 Å². The molecule has 1 saturated heterocycles. The fourth-order valence-corrected chi connectivity index (χ4v) is 6.31. The van der Waals surface area contributed by atoms with Crippen LogP contribution in [0.25, 0.3) is 0 Å². The van der Waals surface area contributed by atoms with Crippen molar-refractivity contribution in [1.29, 1.82) is 0 Å². The first-order valence-corrected chi connectivity index (χ1v) is 13.5. The van der Waals surface area contributed by atoms with Crippen LogP contribution in [0.1, 0.15) is 5.56 Å². The number of sulfonamides is 2. The Bertz CT molecular complexity index is 1260. The molecule has 3 rings (SSSR count). The normalized spacial score (nSPS) is 17.2. The van der Waals surface area contributed by atoms with Crippen molar-refractivity contribution >= 4 is 61.8 Å². The molecule has 0 atom stereocenters. The van der Waals surface area contributed by atoms with Gasteiger partial charge in [0.15, 0.2) is 0 Å². The van der Waals surface area contributed by atoms with E-state index in [1.165, 1.54) is 36.4 Å². The minimum atomic E-state index is -4.24. The van der Waals surface area contributed by atoms with Gasteiger partial charge in [0.2, 0.25) is 0 Å². The van der Waals surface area contributed by atoms with Crippen LogP contribution >= 0.6 is 35.8 Å². The maximum atomic E-state index is 13.2. The van der Waals surface area contributed by atoms with Crippen LogP contribution in [0.4, 0.5) is 0 Å². The number of ether oxygens (including phenoxy) is 1. The Labute approximate surface area is 203 Å². The molecule has 2 aromatic rings. The van der Waals surface area contributed by atoms with E-state index in [0.717, 1.165) is 0 Å². The molecule has 13 heteroatoms. The Morgan fingerprint density at radius 2 is 1.69 bits per heavy atom. The molecule has 0 spiro atoms. The maximum absolute atomic E-state index is 13.2. The number of halogens is 2. The van der Waals surface area contributed by atoms with Gasteiger partial charge in [-0.1, -0.05) is 27.6 Å². The molecule has 0 unspecified atom stereocenters. The number of guanidine groups is 1. The standard InChI is InChI=1S/C19H21Cl2N3O5S3/c1-13-11-18(17(30)12-16(13)21)32(27,28)23-19(24(2)7-9-29-10-8-24)22-31(25,26)15-5-3-14(20)4-6-15/h3-6,11-12H,7-10H2,1-2H3,(H-,22,23,30)/p+1. The number of morpholine rings is 1. The second-order valence-corrected chi connectivity index (χ2v) is 12.1. The van der Waals surface area contributed by atoms with Crippen LogP contribution in [0.2, 0.25) is 10.0 Å². The lowest BCUT2D eigenvalue weighted by Gasteiger charge is -2.36. The lowest BCUT2D eigenvalue weighted by molar-refractivity contribution is -0.832. The maximum Gasteiger partial charge on any atom is 0.327 e. The summed E-state index contributed by atoms with van der Waals surface area (Å²) in [4.78, 5) is -0.132. The third kappa shape index (κ3) is 5.58. The number of rotatable bonds is 4. The van der Waals surface area contributed by atoms with Gasteiger partial charge in [-0.05, 0) is 48.9 Å². The van der Waals surface area contributed by atoms with E-state index in [-0.39, 0.29) is 25.1 Å². The van der Waals surface area contributed by atoms with Gasteiger partial charge in [-0.15, -0.1) is 12.6 Å². The Hall–Kier alpha value is -1.34. The van der Waals surface area contributed by atoms with Crippen LogP contribution in [0.5, 0.6) is 0 Å². The third-order valence-electron chi connectivity index (χ3n) is 5.04. The zero-order valence-electron chi connectivity index (χ0n) is 17.2. The first kappa shape index (κ1) is 25.3. The highest BCUT2D eigenvalue weighted by molar-refractivity contribution is 7.91. The van der Waals surface area contributed by atoms with Gasteiger partial charge in [0.05, 0.1) is 25.2 Å². The summed E-state index contributed by atoms with van der Waals surface area (Å²) in [6.07, 6.45) is 0. The Morgan fingerprint density at radius 3 is 2.28 bits per heavy atom. The molecule has 8 nitrogen and oxygen atoms in total. The summed E-state index contributed by atoms with van der Waals surface area (Å²) in [5.74, 6) is -0.247. The van der Waals surface area contributed by atoms with Crippen molar-refractivity contribution in [3.8, 4) is 0 Å². The molecule has 0 aromatic heterocycles. The quantitative estimate of drug-likeness (QED) is 0.269. The van der Waals surface area contributed by atoms with Gasteiger partial charge in [-0.3, -0.25) is 4.48 Å². The molecule has 174 valence electrons. The molecule has 1 aliphatic rings. The monoisotopic (exact) mass is 538 g/mol. The molecule has 32 heavy (non-hydrogen) atoms. The molecule has 0 saturated carbocycles. The molecular weight excluding hydrogens is 517 g/mol. The number of hydrogen-bond donors (Lipinski definition) is 2. The van der Waals surface area contributed by atoms with Crippen molar-refractivity contribution in [2.75, 3.05) is 33.4 Å². The predicted octanol–water partition coefficient (Wildman–Crippen LogP) is 3.09. The fourth-order valence-electron chi connectivity index (χ4n) is 2.99. The zero-order valence-corrected chi connectivity index (χ0v) is 21.3. The first-order valence-electron chi connectivity index (χ1n) is 9.39. The zero-order chi connectivity index (χ0) is 23.7. The van der Waals surface area contributed by atoms with E-state index < -0.39 is 20.0 Å². The number of thiol groups is 1. The highest BCUT2D eigenvalue weighted by Gasteiger charge is 2.38. The van der Waals surface area contributed by atoms with Crippen LogP contribution in [-0.4, -0.2) is 60.6 Å². The van der Waals surface area contributed by atoms with Gasteiger partial charge in [-0.2, -0.15) is 8.42 Å². The summed E-state index contributed by atoms with van der Waals surface area (Å²) in [6, 6.07) is 8.24. The van der Waals surface area contributed by atoms with Crippen molar-refractivity contribution in [2.45, 2.75) is 21.6 Å². The van der Waals surface area contributed by atoms with Gasteiger partial charge in [-0.25, -0.2) is 13.1 Å². The minimum absolute atomic E-state index is 0.0828. The minimum Gasteiger partial charge on any atom is -0.370 e. The Kier molecular flexibility index (Phi) is 7.50. The highest BCUT2D eigenvalue weighted by Crippen LogP contribution is 2.27. The number of aryl methyl sites for hydroxylation is 1. The summed E-state index contributed by atoms with van der Waals surface area (Å²) in [6.45, 7) is 2.94. The smallest absolute Gasteiger partial charge is 0.327 e. The highest BCUT2D eigenvalue weighted by atomic mass is 35.5. The largest absolute Gasteiger partial charge is 0.370 e. The molecule has 2 aromatic carbocycles. The van der Waals surface area contributed by atoms with E-state index in [0.29, 0.717) is 41.9 Å². The molecule has 1 heterocycles. The molecule has 1 fully saturated rings. The first-order chi connectivity index (χ1) is 14.8. The summed E-state index contributed by atoms with van der Waals surface area (Å²) >= 11 is 16.1. The van der Waals surface area contributed by atoms with Gasteiger partial charge in [0, 0.05) is 14.9 Å². The topological polar surface area (TPSA) is 102 Å². The predicted molar refractivity (Wildman–Crippen MR) is 127 cm³/mol. The Balaban J connectivity index is 2.11. The van der Waals surface area contributed by atoms with Gasteiger partial charge in [0.1, 0.15) is 18.0 Å². The van der Waals surface area contributed by atoms with Gasteiger partial charge in [0.25, 0.3) is 20.0 Å². The average Bonchev–Trinajstić information content (AvgIpc) is 2.70. The summed E-state index contributed by atoms with van der Waals surface area (Å²) in [5.41, 5.74) is 0.531. The van der Waals surface area contributed by atoms with E-state index in [1.807, 2.05) is 0 Å². The number of hydrogen-bond acceptors (Lipinski definition) is 6. The average molecular weight is 540 g/mol. The van der Waals surface area contributed by atoms with Gasteiger partial charge >= 0.3 is 5.96 Å². The van der Waals surface area contributed by atoms with E-state index in [1.54, 1.807) is 14.0 Å². The van der Waals surface area contributed by atoms with Crippen molar-refractivity contribution < 1.29 is 26.1 Å². The van der Waals surface area contributed by atoms with Crippen molar-refractivity contribution in [3.05, 3.63) is 52.0 Å². The number of benzene rings is 2. The SMILES string of the molecule is Cc1cc(S(=O)(=O)NC(=NS(=O)(=O)c2ccc(Cl)cc2)[N+]2(C)CCOCC2)c(S)cc1Cl. The lowest BCUT2D eigenvalue weighted by atomic mass is 10.2. The van der Waals surface area contributed by atoms with Gasteiger partial charge < -0.3 is 4.74 Å². The fraction of sp³-hybridized carbons (Fsp3) is 0.316. The molecule has 0 aliphatic carbocycles. The third-order valence-corrected chi connectivity index (χ3v) is 8.87. The van der Waals surface area contributed by atoms with E-state index >= 15 is 0 Å². The molecule has 0 amide bonds. The molecular formula is C19H22Cl2N3O5S3+. The second-order valence-electron chi connectivity index (χ2n) is 7.47. The summed E-state index contributed by atoms with van der Waals surface area (Å²) in [7, 11) is -6.78. The number of nitrogens with one attached hydrogen (secondary N) is 1. The number of quaternary nitrogens is 1. The number of nitrogens with zero attached hydrogens (tertiary/aromatic N) is 2.